The first-order valence-corrected chi connectivity index (χ1v) is 8.89. The molecule has 2 aliphatic carbocycles. The summed E-state index contributed by atoms with van der Waals surface area (Å²) in [5.41, 5.74) is 2.84. The van der Waals surface area contributed by atoms with Crippen molar-refractivity contribution >= 4 is 17.7 Å². The first-order chi connectivity index (χ1) is 12.0. The first-order valence-electron chi connectivity index (χ1n) is 8.89. The molecule has 1 saturated heterocycles. The Morgan fingerprint density at radius 1 is 1.28 bits per heavy atom. The molecule has 1 aliphatic heterocycles. The number of hydrogen-bond donors (Lipinski definition) is 0. The Labute approximate surface area is 146 Å². The van der Waals surface area contributed by atoms with Crippen molar-refractivity contribution in [3.05, 3.63) is 34.9 Å². The highest BCUT2D eigenvalue weighted by molar-refractivity contribution is 6.01. The van der Waals surface area contributed by atoms with Gasteiger partial charge in [0.05, 0.1) is 26.1 Å². The lowest BCUT2D eigenvalue weighted by Crippen LogP contribution is -2.27. The molecule has 0 bridgehead atoms. The van der Waals surface area contributed by atoms with Gasteiger partial charge in [0.1, 0.15) is 0 Å². The number of benzene rings is 1. The van der Waals surface area contributed by atoms with Crippen molar-refractivity contribution < 1.29 is 23.9 Å². The monoisotopic (exact) mass is 342 g/mol. The van der Waals surface area contributed by atoms with Crippen LogP contribution in [-0.2, 0) is 25.5 Å². The van der Waals surface area contributed by atoms with E-state index in [4.69, 9.17) is 9.47 Å². The Balaban J connectivity index is 1.54. The quantitative estimate of drug-likeness (QED) is 0.773. The van der Waals surface area contributed by atoms with Crippen LogP contribution in [0.3, 0.4) is 0 Å². The van der Waals surface area contributed by atoms with Crippen LogP contribution < -0.4 is 0 Å². The first kappa shape index (κ1) is 16.3. The number of hydrogen-bond acceptors (Lipinski definition) is 5. The van der Waals surface area contributed by atoms with Crippen LogP contribution in [0, 0.1) is 11.3 Å². The van der Waals surface area contributed by atoms with Gasteiger partial charge in [-0.2, -0.15) is 0 Å². The van der Waals surface area contributed by atoms with E-state index in [1.165, 1.54) is 12.7 Å². The molecule has 0 N–H and O–H groups in total. The average molecular weight is 342 g/mol. The molecule has 0 amide bonds. The summed E-state index contributed by atoms with van der Waals surface area (Å²) in [4.78, 5) is 35.7. The van der Waals surface area contributed by atoms with Gasteiger partial charge < -0.3 is 9.47 Å². The number of ether oxygens (including phenoxy) is 2. The molecule has 132 valence electrons. The van der Waals surface area contributed by atoms with Gasteiger partial charge in [0, 0.05) is 17.4 Å². The Bertz CT molecular complexity index is 752. The maximum absolute atomic E-state index is 12.5. The van der Waals surface area contributed by atoms with Crippen molar-refractivity contribution in [2.75, 3.05) is 13.7 Å². The van der Waals surface area contributed by atoms with Crippen LogP contribution in [0.25, 0.3) is 0 Å². The van der Waals surface area contributed by atoms with Crippen LogP contribution in [0.2, 0.25) is 0 Å². The number of carbonyl (C=O) groups is 3. The molecule has 5 nitrogen and oxygen atoms in total. The van der Waals surface area contributed by atoms with Gasteiger partial charge in [-0.25, -0.2) is 0 Å². The van der Waals surface area contributed by atoms with Crippen molar-refractivity contribution in [2.45, 2.75) is 44.4 Å². The van der Waals surface area contributed by atoms with Crippen LogP contribution in [-0.4, -0.2) is 31.4 Å². The van der Waals surface area contributed by atoms with Gasteiger partial charge in [-0.1, -0.05) is 12.1 Å². The zero-order chi connectivity index (χ0) is 17.6. The predicted molar refractivity (Wildman–Crippen MR) is 89.2 cm³/mol. The lowest BCUT2D eigenvalue weighted by atomic mass is 9.80. The van der Waals surface area contributed by atoms with Gasteiger partial charge in [0.15, 0.2) is 5.78 Å². The molecule has 1 unspecified atom stereocenters. The minimum absolute atomic E-state index is 0.00234. The van der Waals surface area contributed by atoms with Crippen molar-refractivity contribution in [1.29, 1.82) is 0 Å². The summed E-state index contributed by atoms with van der Waals surface area (Å²) in [6.07, 6.45) is 4.27. The third kappa shape index (κ3) is 2.86. The Hall–Kier alpha value is -2.17. The molecule has 25 heavy (non-hydrogen) atoms. The number of esters is 2. The highest BCUT2D eigenvalue weighted by atomic mass is 16.5. The molecule has 1 saturated carbocycles. The molecule has 1 aromatic carbocycles. The third-order valence-corrected chi connectivity index (χ3v) is 6.10. The second kappa shape index (κ2) is 5.97. The molecule has 4 rings (SSSR count). The molecule has 5 heteroatoms. The minimum Gasteiger partial charge on any atom is -0.469 e. The number of Topliss-reactive ketones (excluding diaryl/α,β-unsaturated/α-hetero) is 1. The van der Waals surface area contributed by atoms with Gasteiger partial charge in [-0.15, -0.1) is 0 Å². The highest BCUT2D eigenvalue weighted by Gasteiger charge is 2.46. The van der Waals surface area contributed by atoms with Crippen molar-refractivity contribution in [2.24, 2.45) is 11.3 Å². The van der Waals surface area contributed by atoms with Gasteiger partial charge in [-0.3, -0.25) is 14.4 Å². The van der Waals surface area contributed by atoms with Gasteiger partial charge >= 0.3 is 11.9 Å². The second-order valence-corrected chi connectivity index (χ2v) is 7.75. The summed E-state index contributed by atoms with van der Waals surface area (Å²) >= 11 is 0. The smallest absolute Gasteiger partial charge is 0.309 e. The summed E-state index contributed by atoms with van der Waals surface area (Å²) in [5, 5.41) is 0. The van der Waals surface area contributed by atoms with Gasteiger partial charge in [0.25, 0.3) is 0 Å². The van der Waals surface area contributed by atoms with E-state index in [-0.39, 0.29) is 35.5 Å². The largest absolute Gasteiger partial charge is 0.469 e. The minimum atomic E-state index is -0.368. The summed E-state index contributed by atoms with van der Waals surface area (Å²) in [5.74, 6) is -0.384. The van der Waals surface area contributed by atoms with Crippen molar-refractivity contribution in [1.82, 2.24) is 0 Å². The predicted octanol–water partition coefficient (Wildman–Crippen LogP) is 2.81. The van der Waals surface area contributed by atoms with E-state index in [2.05, 4.69) is 6.07 Å². The van der Waals surface area contributed by atoms with Crippen LogP contribution in [0.1, 0.15) is 59.5 Å². The summed E-state index contributed by atoms with van der Waals surface area (Å²) < 4.78 is 9.98. The topological polar surface area (TPSA) is 69.7 Å². The molecule has 3 atom stereocenters. The van der Waals surface area contributed by atoms with E-state index in [1.807, 2.05) is 12.1 Å². The molecular formula is C20H22O5. The van der Waals surface area contributed by atoms with Crippen LogP contribution in [0.4, 0.5) is 0 Å². The van der Waals surface area contributed by atoms with Crippen LogP contribution in [0.5, 0.6) is 0 Å². The average Bonchev–Trinajstić information content (AvgIpc) is 3.20. The lowest BCUT2D eigenvalue weighted by Gasteiger charge is -2.24. The maximum Gasteiger partial charge on any atom is 0.309 e. The van der Waals surface area contributed by atoms with E-state index in [0.29, 0.717) is 25.4 Å². The molecule has 0 radical (unpaired) electrons. The molecule has 1 spiro atoms. The van der Waals surface area contributed by atoms with Gasteiger partial charge in [-0.05, 0) is 48.8 Å². The SMILES string of the molecule is COC(=O)C1CC(=O)c2cc([C@H]3CC[C@]4(COC(=O)C4)C3)ccc2C1. The Morgan fingerprint density at radius 2 is 2.12 bits per heavy atom. The molecule has 1 aromatic rings. The third-order valence-electron chi connectivity index (χ3n) is 6.10. The fraction of sp³-hybridized carbons (Fsp3) is 0.550. The van der Waals surface area contributed by atoms with E-state index >= 15 is 0 Å². The Morgan fingerprint density at radius 3 is 2.84 bits per heavy atom. The zero-order valence-electron chi connectivity index (χ0n) is 14.4. The van der Waals surface area contributed by atoms with E-state index < -0.39 is 0 Å². The summed E-state index contributed by atoms with van der Waals surface area (Å²) in [6.45, 7) is 0.535. The maximum atomic E-state index is 12.5. The van der Waals surface area contributed by atoms with Crippen molar-refractivity contribution in [3.63, 3.8) is 0 Å². The van der Waals surface area contributed by atoms with Crippen LogP contribution in [0.15, 0.2) is 18.2 Å². The summed E-state index contributed by atoms with van der Waals surface area (Å²) in [7, 11) is 1.36. The van der Waals surface area contributed by atoms with E-state index in [0.717, 1.165) is 30.4 Å². The summed E-state index contributed by atoms with van der Waals surface area (Å²) in [6, 6.07) is 6.07. The van der Waals surface area contributed by atoms with Crippen molar-refractivity contribution in [3.8, 4) is 0 Å². The molecule has 0 aromatic heterocycles. The molecule has 3 aliphatic rings. The molecular weight excluding hydrogens is 320 g/mol. The normalized spacial score (nSPS) is 31.1. The Kier molecular flexibility index (Phi) is 3.89. The van der Waals surface area contributed by atoms with Gasteiger partial charge in [0.2, 0.25) is 0 Å². The highest BCUT2D eigenvalue weighted by Crippen LogP contribution is 2.51. The fourth-order valence-corrected chi connectivity index (χ4v) is 4.72. The van der Waals surface area contributed by atoms with Crippen LogP contribution >= 0.6 is 0 Å². The number of rotatable bonds is 2. The number of carbonyl (C=O) groups excluding carboxylic acids is 3. The number of ketones is 1. The lowest BCUT2D eigenvalue weighted by molar-refractivity contribution is -0.145. The standard InChI is InChI=1S/C20H22O5/c1-24-19(23)15-6-13-3-2-12(7-16(13)17(21)8-15)14-4-5-20(9-14)10-18(22)25-11-20/h2-3,7,14-15H,4-6,8-11H2,1H3/t14-,15?,20-/m0/s1. The number of cyclic esters (lactones) is 1. The van der Waals surface area contributed by atoms with E-state index in [1.54, 1.807) is 0 Å². The molecule has 2 fully saturated rings. The molecule has 1 heterocycles. The fourth-order valence-electron chi connectivity index (χ4n) is 4.72. The van der Waals surface area contributed by atoms with E-state index in [9.17, 15) is 14.4 Å². The number of fused-ring (bicyclic) bond motifs is 1. The number of methoxy groups -OCH3 is 1. The zero-order valence-corrected chi connectivity index (χ0v) is 14.4. The second-order valence-electron chi connectivity index (χ2n) is 7.75.